The summed E-state index contributed by atoms with van der Waals surface area (Å²) in [7, 11) is 0. The number of alkyl halides is 3. The largest absolute Gasteiger partial charge is 0.416 e. The van der Waals surface area contributed by atoms with Crippen LogP contribution in [-0.2, 0) is 15.7 Å². The molecule has 5 nitrogen and oxygen atoms in total. The van der Waals surface area contributed by atoms with E-state index in [1.165, 1.54) is 17.0 Å². The van der Waals surface area contributed by atoms with Gasteiger partial charge in [0.2, 0.25) is 5.91 Å². The summed E-state index contributed by atoms with van der Waals surface area (Å²) in [5.41, 5.74) is -1.93. The van der Waals surface area contributed by atoms with Gasteiger partial charge in [-0.25, -0.2) is 0 Å². The van der Waals surface area contributed by atoms with Gasteiger partial charge in [-0.15, -0.1) is 0 Å². The van der Waals surface area contributed by atoms with Crippen LogP contribution in [0.25, 0.3) is 0 Å². The third-order valence-corrected chi connectivity index (χ3v) is 6.28. The molecule has 1 aliphatic heterocycles. The lowest BCUT2D eigenvalue weighted by molar-refractivity contribution is -0.137. The van der Waals surface area contributed by atoms with Gasteiger partial charge in [0.15, 0.2) is 0 Å². The van der Waals surface area contributed by atoms with Crippen LogP contribution in [0.2, 0.25) is 0 Å². The Bertz CT molecular complexity index is 788. The van der Waals surface area contributed by atoms with Crippen LogP contribution >= 0.6 is 0 Å². The van der Waals surface area contributed by atoms with Gasteiger partial charge in [0.05, 0.1) is 12.2 Å². The number of carbonyl (C=O) groups excluding carboxylic acids is 2. The smallest absolute Gasteiger partial charge is 0.353 e. The molecule has 0 unspecified atom stereocenters. The molecular formula is C22H29F3N2O3. The Morgan fingerprint density at radius 2 is 1.97 bits per heavy atom. The lowest BCUT2D eigenvalue weighted by atomic mass is 9.83. The molecule has 1 aromatic carbocycles. The van der Waals surface area contributed by atoms with Crippen molar-refractivity contribution in [1.82, 2.24) is 10.2 Å². The molecule has 1 heterocycles. The fourth-order valence-electron chi connectivity index (χ4n) is 4.19. The second-order valence-corrected chi connectivity index (χ2v) is 8.53. The highest BCUT2D eigenvalue weighted by molar-refractivity contribution is 5.98. The van der Waals surface area contributed by atoms with E-state index in [4.69, 9.17) is 4.74 Å². The third kappa shape index (κ3) is 4.48. The Kier molecular flexibility index (Phi) is 6.45. The highest BCUT2D eigenvalue weighted by atomic mass is 19.4. The normalized spacial score (nSPS) is 27.9. The molecule has 2 amide bonds. The fourth-order valence-corrected chi connectivity index (χ4v) is 4.19. The monoisotopic (exact) mass is 426 g/mol. The number of hydrogen-bond donors (Lipinski definition) is 1. The first-order chi connectivity index (χ1) is 14.1. The Labute approximate surface area is 175 Å². The van der Waals surface area contributed by atoms with Crippen LogP contribution in [0.3, 0.4) is 0 Å². The van der Waals surface area contributed by atoms with Crippen molar-refractivity contribution in [2.75, 3.05) is 6.61 Å². The molecule has 1 aliphatic carbocycles. The second-order valence-electron chi connectivity index (χ2n) is 8.53. The van der Waals surface area contributed by atoms with Crippen molar-refractivity contribution in [2.24, 2.45) is 5.92 Å². The number of nitrogens with one attached hydrogen (secondary N) is 1. The molecule has 2 atom stereocenters. The molecule has 30 heavy (non-hydrogen) atoms. The van der Waals surface area contributed by atoms with E-state index < -0.39 is 29.4 Å². The number of nitrogens with zero attached hydrogens (tertiary/aromatic N) is 1. The minimum Gasteiger partial charge on any atom is -0.353 e. The van der Waals surface area contributed by atoms with Crippen LogP contribution in [0.5, 0.6) is 0 Å². The van der Waals surface area contributed by atoms with Crippen molar-refractivity contribution in [3.05, 3.63) is 35.4 Å². The predicted molar refractivity (Wildman–Crippen MR) is 106 cm³/mol. The fraction of sp³-hybridized carbons (Fsp3) is 0.636. The molecule has 1 spiro atoms. The van der Waals surface area contributed by atoms with Gasteiger partial charge in [-0.1, -0.05) is 19.9 Å². The highest BCUT2D eigenvalue weighted by Gasteiger charge is 2.53. The van der Waals surface area contributed by atoms with Gasteiger partial charge >= 0.3 is 6.18 Å². The summed E-state index contributed by atoms with van der Waals surface area (Å²) in [5.74, 6) is -0.463. The molecule has 2 fully saturated rings. The summed E-state index contributed by atoms with van der Waals surface area (Å²) in [6.07, 6.45) is -1.05. The average molecular weight is 426 g/mol. The van der Waals surface area contributed by atoms with Gasteiger partial charge in [-0.3, -0.25) is 14.5 Å². The Balaban J connectivity index is 1.95. The molecule has 0 radical (unpaired) electrons. The zero-order chi connectivity index (χ0) is 22.1. The van der Waals surface area contributed by atoms with Crippen LogP contribution < -0.4 is 5.32 Å². The second kappa shape index (κ2) is 8.57. The van der Waals surface area contributed by atoms with E-state index in [-0.39, 0.29) is 24.1 Å². The van der Waals surface area contributed by atoms with Gasteiger partial charge in [0.25, 0.3) is 5.91 Å². The number of amides is 2. The molecule has 1 N–H and O–H groups in total. The van der Waals surface area contributed by atoms with E-state index in [9.17, 15) is 22.8 Å². The van der Waals surface area contributed by atoms with Gasteiger partial charge in [-0.2, -0.15) is 13.2 Å². The predicted octanol–water partition coefficient (Wildman–Crippen LogP) is 4.37. The van der Waals surface area contributed by atoms with Gasteiger partial charge < -0.3 is 10.1 Å². The maximum absolute atomic E-state index is 13.4. The Morgan fingerprint density at radius 1 is 1.30 bits per heavy atom. The number of benzene rings is 1. The first-order valence-corrected chi connectivity index (χ1v) is 10.5. The number of rotatable bonds is 4. The number of ether oxygens (including phenoxy) is 1. The summed E-state index contributed by atoms with van der Waals surface area (Å²) in [5, 5.41) is 2.88. The van der Waals surface area contributed by atoms with Crippen molar-refractivity contribution < 1.29 is 27.5 Å². The minimum absolute atomic E-state index is 0.0430. The molecule has 166 valence electrons. The zero-order valence-corrected chi connectivity index (χ0v) is 17.6. The molecule has 1 saturated carbocycles. The van der Waals surface area contributed by atoms with Crippen LogP contribution in [0, 0.1) is 5.92 Å². The van der Waals surface area contributed by atoms with E-state index in [2.05, 4.69) is 12.2 Å². The zero-order valence-electron chi connectivity index (χ0n) is 17.6. The van der Waals surface area contributed by atoms with Crippen molar-refractivity contribution >= 4 is 11.8 Å². The summed E-state index contributed by atoms with van der Waals surface area (Å²) in [6.45, 7) is 5.96. The number of hydrogen-bond acceptors (Lipinski definition) is 3. The molecular weight excluding hydrogens is 397 g/mol. The van der Waals surface area contributed by atoms with Gasteiger partial charge in [0, 0.05) is 11.6 Å². The lowest BCUT2D eigenvalue weighted by Gasteiger charge is -2.43. The number of halogens is 3. The quantitative estimate of drug-likeness (QED) is 0.778. The first-order valence-electron chi connectivity index (χ1n) is 10.5. The van der Waals surface area contributed by atoms with Crippen molar-refractivity contribution in [1.29, 1.82) is 0 Å². The lowest BCUT2D eigenvalue weighted by Crippen LogP contribution is -2.57. The topological polar surface area (TPSA) is 58.6 Å². The third-order valence-electron chi connectivity index (χ3n) is 6.28. The van der Waals surface area contributed by atoms with Gasteiger partial charge in [-0.05, 0) is 63.1 Å². The first kappa shape index (κ1) is 22.6. The number of carbonyl (C=O) groups is 2. The maximum atomic E-state index is 13.4. The van der Waals surface area contributed by atoms with E-state index in [0.29, 0.717) is 18.8 Å². The summed E-state index contributed by atoms with van der Waals surface area (Å²) in [6, 6.07) is 3.42. The SMILES string of the molecule is CC[C@@H](C)NC(=O)[C@@H]1COC2(CCC(C)CC2)N1C(=O)c1cccc(C(F)(F)F)c1. The molecule has 8 heteroatoms. The van der Waals surface area contributed by atoms with E-state index in [0.717, 1.165) is 31.4 Å². The van der Waals surface area contributed by atoms with Crippen molar-refractivity contribution in [2.45, 2.75) is 76.9 Å². The van der Waals surface area contributed by atoms with Crippen molar-refractivity contribution in [3.63, 3.8) is 0 Å². The molecule has 1 aromatic rings. The van der Waals surface area contributed by atoms with Crippen LogP contribution in [0.1, 0.15) is 68.8 Å². The average Bonchev–Trinajstić information content (AvgIpc) is 3.08. The summed E-state index contributed by atoms with van der Waals surface area (Å²) < 4.78 is 45.6. The molecule has 0 aromatic heterocycles. The molecule has 3 rings (SSSR count). The summed E-state index contributed by atoms with van der Waals surface area (Å²) in [4.78, 5) is 27.8. The Morgan fingerprint density at radius 3 is 2.57 bits per heavy atom. The molecule has 0 bridgehead atoms. The standard InChI is InChI=1S/C22H29F3N2O3/c1-4-15(3)26-19(28)18-13-30-21(10-8-14(2)9-11-21)27(18)20(29)16-6-5-7-17(12-16)22(23,24)25/h5-7,12,14-15,18H,4,8-11,13H2,1-3H3,(H,26,28)/t14?,15-,18+,21?/m1/s1. The molecule has 2 aliphatic rings. The van der Waals surface area contributed by atoms with E-state index >= 15 is 0 Å². The van der Waals surface area contributed by atoms with Crippen LogP contribution in [0.15, 0.2) is 24.3 Å². The van der Waals surface area contributed by atoms with E-state index in [1.807, 2.05) is 13.8 Å². The van der Waals surface area contributed by atoms with E-state index in [1.54, 1.807) is 0 Å². The Hall–Kier alpha value is -2.09. The maximum Gasteiger partial charge on any atom is 0.416 e. The highest BCUT2D eigenvalue weighted by Crippen LogP contribution is 2.43. The van der Waals surface area contributed by atoms with Gasteiger partial charge in [0.1, 0.15) is 11.8 Å². The van der Waals surface area contributed by atoms with Crippen LogP contribution in [0.4, 0.5) is 13.2 Å². The van der Waals surface area contributed by atoms with Crippen LogP contribution in [-0.4, -0.2) is 41.1 Å². The van der Waals surface area contributed by atoms with Crippen molar-refractivity contribution in [3.8, 4) is 0 Å². The molecule has 1 saturated heterocycles. The summed E-state index contributed by atoms with van der Waals surface area (Å²) >= 11 is 0. The minimum atomic E-state index is -4.55.